The molecule has 1 atom stereocenters. The van der Waals surface area contributed by atoms with E-state index in [2.05, 4.69) is 38.2 Å². The molecule has 35 heavy (non-hydrogen) atoms. The molecule has 6 rings (SSSR count). The molecule has 0 unspecified atom stereocenters. The van der Waals surface area contributed by atoms with Gasteiger partial charge in [0.05, 0.1) is 35.7 Å². The van der Waals surface area contributed by atoms with E-state index in [1.807, 2.05) is 42.3 Å². The van der Waals surface area contributed by atoms with Crippen molar-refractivity contribution in [3.63, 3.8) is 0 Å². The van der Waals surface area contributed by atoms with Crippen LogP contribution in [0.2, 0.25) is 0 Å². The summed E-state index contributed by atoms with van der Waals surface area (Å²) in [6.07, 6.45) is 9.38. The predicted molar refractivity (Wildman–Crippen MR) is 137 cm³/mol. The van der Waals surface area contributed by atoms with Crippen molar-refractivity contribution in [3.8, 4) is 22.4 Å². The van der Waals surface area contributed by atoms with E-state index >= 15 is 0 Å². The van der Waals surface area contributed by atoms with Gasteiger partial charge in [-0.25, -0.2) is 9.24 Å². The number of rotatable bonds is 5. The Kier molecular flexibility index (Phi) is 5.31. The van der Waals surface area contributed by atoms with Gasteiger partial charge in [0.25, 0.3) is 0 Å². The number of fused-ring (bicyclic) bond motifs is 2. The standard InChI is InChI=1S/C28H25FN6/c1-30-24-7-5-18(15-23(24)29)27-22-10-13-35(12-9-21-4-3-11-31-21)26(22)17-32-28(27)19-6-8-25-20(14-19)16-33-34(25)2/h5-8,10,13-17,21,31H,3-4,9,11-12H2,2H3/t21-/m0/s1. The van der Waals surface area contributed by atoms with E-state index in [0.717, 1.165) is 58.1 Å². The Morgan fingerprint density at radius 3 is 2.80 bits per heavy atom. The van der Waals surface area contributed by atoms with Crippen LogP contribution >= 0.6 is 0 Å². The number of nitrogens with one attached hydrogen (secondary N) is 1. The fourth-order valence-corrected chi connectivity index (χ4v) is 5.23. The van der Waals surface area contributed by atoms with Crippen LogP contribution in [0.3, 0.4) is 0 Å². The van der Waals surface area contributed by atoms with Crippen LogP contribution in [0.5, 0.6) is 0 Å². The zero-order chi connectivity index (χ0) is 23.9. The Morgan fingerprint density at radius 2 is 2.00 bits per heavy atom. The largest absolute Gasteiger partial charge is 0.346 e. The van der Waals surface area contributed by atoms with Crippen molar-refractivity contribution in [2.45, 2.75) is 31.8 Å². The highest BCUT2D eigenvalue weighted by molar-refractivity contribution is 6.02. The van der Waals surface area contributed by atoms with Gasteiger partial charge in [-0.05, 0) is 55.6 Å². The van der Waals surface area contributed by atoms with Gasteiger partial charge in [-0.1, -0.05) is 18.2 Å². The average Bonchev–Trinajstić information content (AvgIpc) is 3.62. The third-order valence-corrected chi connectivity index (χ3v) is 7.09. The Labute approximate surface area is 202 Å². The van der Waals surface area contributed by atoms with Crippen molar-refractivity contribution in [2.75, 3.05) is 6.54 Å². The van der Waals surface area contributed by atoms with Crippen LogP contribution in [0, 0.1) is 12.4 Å². The summed E-state index contributed by atoms with van der Waals surface area (Å²) in [7, 11) is 1.92. The zero-order valence-corrected chi connectivity index (χ0v) is 19.5. The first-order valence-electron chi connectivity index (χ1n) is 11.9. The van der Waals surface area contributed by atoms with Crippen molar-refractivity contribution in [1.82, 2.24) is 24.6 Å². The van der Waals surface area contributed by atoms with Crippen molar-refractivity contribution in [3.05, 3.63) is 78.3 Å². The van der Waals surface area contributed by atoms with E-state index in [1.165, 1.54) is 18.9 Å². The molecule has 1 aliphatic heterocycles. The number of hydrogen-bond acceptors (Lipinski definition) is 3. The summed E-state index contributed by atoms with van der Waals surface area (Å²) in [6.45, 7) is 9.22. The summed E-state index contributed by atoms with van der Waals surface area (Å²) in [4.78, 5) is 8.20. The molecule has 0 bridgehead atoms. The molecule has 1 aliphatic rings. The van der Waals surface area contributed by atoms with Crippen LogP contribution in [0.15, 0.2) is 61.1 Å². The molecule has 0 radical (unpaired) electrons. The molecule has 2 aromatic carbocycles. The fourth-order valence-electron chi connectivity index (χ4n) is 5.23. The van der Waals surface area contributed by atoms with Crippen LogP contribution in [0.25, 0.3) is 49.0 Å². The molecule has 6 nitrogen and oxygen atoms in total. The summed E-state index contributed by atoms with van der Waals surface area (Å²) in [5, 5.41) is 9.97. The Morgan fingerprint density at radius 1 is 1.11 bits per heavy atom. The molecule has 5 aromatic rings. The van der Waals surface area contributed by atoms with Gasteiger partial charge in [0, 0.05) is 47.7 Å². The third-order valence-electron chi connectivity index (χ3n) is 7.09. The Balaban J connectivity index is 1.51. The second kappa shape index (κ2) is 8.64. The van der Waals surface area contributed by atoms with E-state index in [4.69, 9.17) is 11.6 Å². The van der Waals surface area contributed by atoms with E-state index in [1.54, 1.807) is 6.07 Å². The highest BCUT2D eigenvalue weighted by atomic mass is 19.1. The van der Waals surface area contributed by atoms with Crippen LogP contribution < -0.4 is 5.32 Å². The molecule has 1 N–H and O–H groups in total. The molecule has 1 fully saturated rings. The summed E-state index contributed by atoms with van der Waals surface area (Å²) in [6, 6.07) is 13.6. The van der Waals surface area contributed by atoms with Gasteiger partial charge in [0.15, 0.2) is 0 Å². The van der Waals surface area contributed by atoms with Crippen molar-refractivity contribution < 1.29 is 4.39 Å². The van der Waals surface area contributed by atoms with Gasteiger partial charge in [-0.2, -0.15) is 5.10 Å². The number of halogens is 1. The Bertz CT molecular complexity index is 1600. The number of aromatic nitrogens is 4. The molecule has 0 spiro atoms. The van der Waals surface area contributed by atoms with Crippen molar-refractivity contribution in [1.29, 1.82) is 0 Å². The van der Waals surface area contributed by atoms with Gasteiger partial charge in [0.1, 0.15) is 5.82 Å². The van der Waals surface area contributed by atoms with Gasteiger partial charge < -0.3 is 9.88 Å². The zero-order valence-electron chi connectivity index (χ0n) is 19.5. The topological polar surface area (TPSA) is 52.0 Å². The Hall–Kier alpha value is -4.02. The minimum atomic E-state index is -0.519. The summed E-state index contributed by atoms with van der Waals surface area (Å²) < 4.78 is 18.8. The molecule has 0 amide bonds. The van der Waals surface area contributed by atoms with Gasteiger partial charge >= 0.3 is 0 Å². The monoisotopic (exact) mass is 464 g/mol. The highest BCUT2D eigenvalue weighted by Crippen LogP contribution is 2.39. The maximum absolute atomic E-state index is 14.7. The second-order valence-corrected chi connectivity index (χ2v) is 9.19. The summed E-state index contributed by atoms with van der Waals surface area (Å²) >= 11 is 0. The van der Waals surface area contributed by atoms with Crippen LogP contribution in [-0.2, 0) is 13.6 Å². The normalized spacial score (nSPS) is 15.7. The molecule has 4 heterocycles. The maximum atomic E-state index is 14.7. The number of nitrogens with zero attached hydrogens (tertiary/aromatic N) is 5. The lowest BCUT2D eigenvalue weighted by Crippen LogP contribution is -2.22. The van der Waals surface area contributed by atoms with Crippen LogP contribution in [0.1, 0.15) is 19.3 Å². The minimum absolute atomic E-state index is 0.0221. The quantitative estimate of drug-likeness (QED) is 0.320. The van der Waals surface area contributed by atoms with Crippen LogP contribution in [-0.4, -0.2) is 31.9 Å². The second-order valence-electron chi connectivity index (χ2n) is 9.19. The van der Waals surface area contributed by atoms with Gasteiger partial charge in [0.2, 0.25) is 5.69 Å². The third kappa shape index (κ3) is 3.76. The van der Waals surface area contributed by atoms with E-state index in [9.17, 15) is 4.39 Å². The van der Waals surface area contributed by atoms with Gasteiger partial charge in [-0.15, -0.1) is 0 Å². The molecule has 7 heteroatoms. The van der Waals surface area contributed by atoms with Crippen molar-refractivity contribution >= 4 is 27.5 Å². The van der Waals surface area contributed by atoms with E-state index < -0.39 is 5.82 Å². The first kappa shape index (κ1) is 21.5. The van der Waals surface area contributed by atoms with Crippen molar-refractivity contribution in [2.24, 2.45) is 7.05 Å². The number of benzene rings is 2. The lowest BCUT2D eigenvalue weighted by atomic mass is 9.95. The average molecular weight is 465 g/mol. The van der Waals surface area contributed by atoms with Gasteiger partial charge in [-0.3, -0.25) is 9.67 Å². The summed E-state index contributed by atoms with van der Waals surface area (Å²) in [5.74, 6) is -0.519. The predicted octanol–water partition coefficient (Wildman–Crippen LogP) is 6.09. The molecule has 174 valence electrons. The maximum Gasteiger partial charge on any atom is 0.222 e. The molecule has 3 aromatic heterocycles. The smallest absolute Gasteiger partial charge is 0.222 e. The van der Waals surface area contributed by atoms with E-state index in [0.29, 0.717) is 11.6 Å². The SMILES string of the molecule is [C-]#[N+]c1ccc(-c2c(-c3ccc4c(cnn4C)c3)ncc3c2ccn3CC[C@@H]2CCCN2)cc1F. The lowest BCUT2D eigenvalue weighted by molar-refractivity contribution is 0.511. The lowest BCUT2D eigenvalue weighted by Gasteiger charge is -2.14. The first-order valence-corrected chi connectivity index (χ1v) is 11.9. The molecule has 0 aliphatic carbocycles. The first-order chi connectivity index (χ1) is 17.1. The highest BCUT2D eigenvalue weighted by Gasteiger charge is 2.19. The molecule has 1 saturated heterocycles. The molecule has 0 saturated carbocycles. The summed E-state index contributed by atoms with van der Waals surface area (Å²) in [5.41, 5.74) is 5.40. The minimum Gasteiger partial charge on any atom is -0.346 e. The van der Waals surface area contributed by atoms with E-state index in [-0.39, 0.29) is 5.69 Å². The number of aryl methyl sites for hydroxylation is 2. The molecular weight excluding hydrogens is 439 g/mol. The molecular formula is C28H25FN6. The van der Waals surface area contributed by atoms with Crippen LogP contribution in [0.4, 0.5) is 10.1 Å². The number of hydrogen-bond donors (Lipinski definition) is 1. The number of pyridine rings is 1. The fraction of sp³-hybridized carbons (Fsp3) is 0.250.